The molecule has 0 aliphatic carbocycles. The molecule has 0 saturated heterocycles. The number of benzene rings is 1. The summed E-state index contributed by atoms with van der Waals surface area (Å²) in [6.07, 6.45) is 0. The van der Waals surface area contributed by atoms with E-state index in [0.29, 0.717) is 6.54 Å². The number of nitriles is 1. The summed E-state index contributed by atoms with van der Waals surface area (Å²) >= 11 is 0. The van der Waals surface area contributed by atoms with Gasteiger partial charge < -0.3 is 4.90 Å². The van der Waals surface area contributed by atoms with Crippen LogP contribution in [0.1, 0.15) is 25.3 Å². The zero-order chi connectivity index (χ0) is 12.7. The van der Waals surface area contributed by atoms with Crippen LogP contribution in [0, 0.1) is 11.3 Å². The molecule has 0 amide bonds. The maximum absolute atomic E-state index is 12.1. The first-order valence-corrected chi connectivity index (χ1v) is 6.03. The van der Waals surface area contributed by atoms with Crippen molar-refractivity contribution in [3.05, 3.63) is 35.9 Å². The average Bonchev–Trinajstić information content (AvgIpc) is 2.38. The number of quaternary nitrogens is 1. The van der Waals surface area contributed by atoms with E-state index in [2.05, 4.69) is 19.9 Å². The van der Waals surface area contributed by atoms with Gasteiger partial charge in [0.25, 0.3) is 0 Å². The highest BCUT2D eigenvalue weighted by Gasteiger charge is 2.23. The van der Waals surface area contributed by atoms with E-state index in [-0.39, 0.29) is 5.78 Å². The van der Waals surface area contributed by atoms with Crippen molar-refractivity contribution in [2.45, 2.75) is 19.8 Å². The van der Waals surface area contributed by atoms with E-state index in [1.54, 1.807) is 0 Å². The lowest BCUT2D eigenvalue weighted by molar-refractivity contribution is -0.888. The third kappa shape index (κ3) is 3.69. The lowest BCUT2D eigenvalue weighted by Gasteiger charge is -2.16. The number of nitrogens with one attached hydrogen (secondary N) is 1. The van der Waals surface area contributed by atoms with E-state index in [9.17, 15) is 4.79 Å². The first-order valence-electron chi connectivity index (χ1n) is 6.03. The van der Waals surface area contributed by atoms with E-state index in [1.165, 1.54) is 4.90 Å². The second-order valence-electron chi connectivity index (χ2n) is 4.07. The highest BCUT2D eigenvalue weighted by Crippen LogP contribution is 2.14. The topological polar surface area (TPSA) is 45.3 Å². The Labute approximate surface area is 103 Å². The molecule has 0 bridgehead atoms. The number of rotatable bonds is 6. The fraction of sp³-hybridized carbons (Fsp3) is 0.429. The van der Waals surface area contributed by atoms with Gasteiger partial charge in [0.1, 0.15) is 12.5 Å². The monoisotopic (exact) mass is 231 g/mol. The predicted octanol–water partition coefficient (Wildman–Crippen LogP) is 0.788. The van der Waals surface area contributed by atoms with Gasteiger partial charge in [-0.3, -0.25) is 4.79 Å². The Bertz CT molecular complexity index is 390. The van der Waals surface area contributed by atoms with Crippen molar-refractivity contribution >= 4 is 5.78 Å². The van der Waals surface area contributed by atoms with Crippen LogP contribution in [-0.2, 0) is 4.79 Å². The Balaban J connectivity index is 2.76. The molecule has 1 aromatic carbocycles. The third-order valence-electron chi connectivity index (χ3n) is 3.01. The first-order chi connectivity index (χ1) is 8.22. The number of hydrogen-bond donors (Lipinski definition) is 1. The molecule has 1 atom stereocenters. The Morgan fingerprint density at radius 2 is 1.88 bits per heavy atom. The molecule has 0 saturated carbocycles. The normalized spacial score (nSPS) is 12.1. The fourth-order valence-electron chi connectivity index (χ4n) is 1.83. The summed E-state index contributed by atoms with van der Waals surface area (Å²) in [4.78, 5) is 13.3. The number of hydrogen-bond acceptors (Lipinski definition) is 2. The Kier molecular flexibility index (Phi) is 5.38. The number of nitrogens with zero attached hydrogens (tertiary/aromatic N) is 1. The van der Waals surface area contributed by atoms with Gasteiger partial charge in [-0.1, -0.05) is 30.3 Å². The van der Waals surface area contributed by atoms with Crippen LogP contribution in [0.3, 0.4) is 0 Å². The smallest absolute Gasteiger partial charge is 0.208 e. The van der Waals surface area contributed by atoms with Crippen LogP contribution in [0.15, 0.2) is 30.3 Å². The molecule has 1 N–H and O–H groups in total. The number of Topliss-reactive ketones (excluding diaryl/α,β-unsaturated/α-hetero) is 1. The van der Waals surface area contributed by atoms with Crippen LogP contribution < -0.4 is 4.90 Å². The molecule has 3 nitrogen and oxygen atoms in total. The zero-order valence-corrected chi connectivity index (χ0v) is 10.4. The van der Waals surface area contributed by atoms with Gasteiger partial charge >= 0.3 is 0 Å². The summed E-state index contributed by atoms with van der Waals surface area (Å²) in [5.41, 5.74) is 0.798. The molecular weight excluding hydrogens is 212 g/mol. The summed E-state index contributed by atoms with van der Waals surface area (Å²) in [6, 6.07) is 11.4. The third-order valence-corrected chi connectivity index (χ3v) is 3.01. The summed E-state index contributed by atoms with van der Waals surface area (Å²) in [5.74, 6) is -0.610. The molecule has 0 spiro atoms. The van der Waals surface area contributed by atoms with Crippen LogP contribution in [0.25, 0.3) is 0 Å². The molecule has 0 aliphatic heterocycles. The molecular formula is C14H19N2O+. The summed E-state index contributed by atoms with van der Waals surface area (Å²) < 4.78 is 0. The molecule has 0 fully saturated rings. The van der Waals surface area contributed by atoms with Crippen LogP contribution in [-0.4, -0.2) is 25.4 Å². The second kappa shape index (κ2) is 6.82. The Hall–Kier alpha value is -1.66. The molecule has 0 aliphatic rings. The summed E-state index contributed by atoms with van der Waals surface area (Å²) in [7, 11) is 0. The van der Waals surface area contributed by atoms with Crippen molar-refractivity contribution in [1.82, 2.24) is 0 Å². The highest BCUT2D eigenvalue weighted by molar-refractivity contribution is 5.89. The maximum Gasteiger partial charge on any atom is 0.208 e. The van der Waals surface area contributed by atoms with Gasteiger partial charge in [0, 0.05) is 0 Å². The van der Waals surface area contributed by atoms with Crippen LogP contribution >= 0.6 is 0 Å². The van der Waals surface area contributed by atoms with Gasteiger partial charge in [-0.2, -0.15) is 5.26 Å². The Morgan fingerprint density at radius 3 is 2.35 bits per heavy atom. The van der Waals surface area contributed by atoms with E-state index in [0.717, 1.165) is 18.7 Å². The van der Waals surface area contributed by atoms with Crippen molar-refractivity contribution in [3.63, 3.8) is 0 Å². The molecule has 0 unspecified atom stereocenters. The fourth-order valence-corrected chi connectivity index (χ4v) is 1.83. The van der Waals surface area contributed by atoms with Gasteiger partial charge in [-0.25, -0.2) is 0 Å². The molecule has 0 aromatic heterocycles. The van der Waals surface area contributed by atoms with Gasteiger partial charge in [-0.05, 0) is 19.4 Å². The predicted molar refractivity (Wildman–Crippen MR) is 66.7 cm³/mol. The van der Waals surface area contributed by atoms with Crippen LogP contribution in [0.5, 0.6) is 0 Å². The number of carbonyl (C=O) groups excluding carboxylic acids is 1. The number of carbonyl (C=O) groups is 1. The summed E-state index contributed by atoms with van der Waals surface area (Å²) in [5, 5.41) is 9.13. The Morgan fingerprint density at radius 1 is 1.29 bits per heavy atom. The van der Waals surface area contributed by atoms with Crippen molar-refractivity contribution in [3.8, 4) is 6.07 Å². The highest BCUT2D eigenvalue weighted by atomic mass is 16.1. The molecule has 0 radical (unpaired) electrons. The largest absolute Gasteiger partial charge is 0.329 e. The molecule has 3 heteroatoms. The molecule has 1 rings (SSSR count). The molecule has 0 heterocycles. The van der Waals surface area contributed by atoms with Gasteiger partial charge in [0.15, 0.2) is 0 Å². The summed E-state index contributed by atoms with van der Waals surface area (Å²) in [6.45, 7) is 6.36. The molecule has 90 valence electrons. The van der Waals surface area contributed by atoms with Crippen molar-refractivity contribution in [2.24, 2.45) is 0 Å². The number of ketones is 1. The number of likely N-dealkylation sites (N-methyl/N-ethyl adjacent to an activating group) is 1. The zero-order valence-electron chi connectivity index (χ0n) is 10.4. The van der Waals surface area contributed by atoms with Crippen molar-refractivity contribution in [2.75, 3.05) is 19.6 Å². The van der Waals surface area contributed by atoms with Crippen molar-refractivity contribution < 1.29 is 9.69 Å². The minimum absolute atomic E-state index is 0.0115. The maximum atomic E-state index is 12.1. The van der Waals surface area contributed by atoms with Crippen LogP contribution in [0.2, 0.25) is 0 Å². The van der Waals surface area contributed by atoms with Gasteiger partial charge in [-0.15, -0.1) is 0 Å². The van der Waals surface area contributed by atoms with E-state index >= 15 is 0 Å². The minimum Gasteiger partial charge on any atom is -0.329 e. The molecule has 1 aromatic rings. The van der Waals surface area contributed by atoms with Gasteiger partial charge in [0.05, 0.1) is 19.2 Å². The lowest BCUT2D eigenvalue weighted by atomic mass is 9.96. The lowest BCUT2D eigenvalue weighted by Crippen LogP contribution is -3.12. The standard InChI is InChI=1S/C14H18N2O/c1-3-16(4-2)11-14(17)13(10-15)12-8-6-5-7-9-12/h5-9,13H,3-4,11H2,1-2H3/p+1/t13-/m0/s1. The van der Waals surface area contributed by atoms with E-state index < -0.39 is 5.92 Å². The van der Waals surface area contributed by atoms with Gasteiger partial charge in [0.2, 0.25) is 5.78 Å². The first kappa shape index (κ1) is 13.4. The molecule has 17 heavy (non-hydrogen) atoms. The second-order valence-corrected chi connectivity index (χ2v) is 4.07. The average molecular weight is 231 g/mol. The van der Waals surface area contributed by atoms with E-state index in [4.69, 9.17) is 5.26 Å². The van der Waals surface area contributed by atoms with Crippen LogP contribution in [0.4, 0.5) is 0 Å². The van der Waals surface area contributed by atoms with E-state index in [1.807, 2.05) is 30.3 Å². The minimum atomic E-state index is -0.621. The van der Waals surface area contributed by atoms with Crippen molar-refractivity contribution in [1.29, 1.82) is 5.26 Å². The SMILES string of the molecule is CC[NH+](CC)CC(=O)[C@@H](C#N)c1ccccc1. The quantitative estimate of drug-likeness (QED) is 0.786.